The largest absolute Gasteiger partial charge is 0.439 e. The maximum Gasteiger partial charge on any atom is 0.220 e. The number of benzene rings is 1. The first-order valence-corrected chi connectivity index (χ1v) is 5.57. The molecule has 0 amide bonds. The minimum Gasteiger partial charge on any atom is -0.439 e. The van der Waals surface area contributed by atoms with Gasteiger partial charge in [0.1, 0.15) is 17.5 Å². The first-order valence-electron chi connectivity index (χ1n) is 5.57. The molecule has 0 atom stereocenters. The Morgan fingerprint density at radius 1 is 1.22 bits per heavy atom. The van der Waals surface area contributed by atoms with Gasteiger partial charge in [-0.3, -0.25) is 0 Å². The van der Waals surface area contributed by atoms with Crippen LogP contribution in [0.15, 0.2) is 55.1 Å². The molecular weight excluding hydrogens is 224 g/mol. The van der Waals surface area contributed by atoms with E-state index in [2.05, 4.69) is 11.6 Å². The number of para-hydroxylation sites is 1. The van der Waals surface area contributed by atoms with E-state index in [1.165, 1.54) is 0 Å². The molecule has 1 aromatic carbocycles. The van der Waals surface area contributed by atoms with Crippen LogP contribution in [0.5, 0.6) is 11.6 Å². The fourth-order valence-electron chi connectivity index (χ4n) is 1.57. The average Bonchev–Trinajstić information content (AvgIpc) is 2.41. The van der Waals surface area contributed by atoms with Gasteiger partial charge < -0.3 is 4.74 Å². The zero-order valence-corrected chi connectivity index (χ0v) is 9.84. The number of hydrogen-bond donors (Lipinski definition) is 0. The van der Waals surface area contributed by atoms with Crippen molar-refractivity contribution in [3.8, 4) is 17.7 Å². The lowest BCUT2D eigenvalue weighted by atomic mass is 10.1. The maximum absolute atomic E-state index is 8.79. The van der Waals surface area contributed by atoms with Crippen LogP contribution in [0.1, 0.15) is 11.3 Å². The van der Waals surface area contributed by atoms with Crippen molar-refractivity contribution < 1.29 is 4.74 Å². The molecule has 3 heteroatoms. The lowest BCUT2D eigenvalue weighted by Crippen LogP contribution is -1.93. The summed E-state index contributed by atoms with van der Waals surface area (Å²) in [4.78, 5) is 4.08. The summed E-state index contributed by atoms with van der Waals surface area (Å²) in [7, 11) is 0. The van der Waals surface area contributed by atoms with Gasteiger partial charge in [-0.05, 0) is 24.1 Å². The molecule has 0 unspecified atom stereocenters. The number of allylic oxidation sites excluding steroid dienone is 1. The minimum absolute atomic E-state index is 0.341. The molecule has 2 aromatic rings. The van der Waals surface area contributed by atoms with Gasteiger partial charge in [-0.2, -0.15) is 5.26 Å². The molecule has 0 fully saturated rings. The van der Waals surface area contributed by atoms with Gasteiger partial charge in [0.05, 0.1) is 0 Å². The van der Waals surface area contributed by atoms with E-state index >= 15 is 0 Å². The summed E-state index contributed by atoms with van der Waals surface area (Å²) in [6.45, 7) is 3.72. The van der Waals surface area contributed by atoms with Gasteiger partial charge >= 0.3 is 0 Å². The van der Waals surface area contributed by atoms with Crippen molar-refractivity contribution in [2.24, 2.45) is 0 Å². The van der Waals surface area contributed by atoms with E-state index in [4.69, 9.17) is 10.00 Å². The summed E-state index contributed by atoms with van der Waals surface area (Å²) < 4.78 is 5.69. The standard InChI is InChI=1S/C15H12N2O/c1-2-6-12-7-3-4-9-14(12)18-15-10-5-8-13(11-16)17-15/h2-5,7-10H,1,6H2. The molecule has 0 aliphatic carbocycles. The van der Waals surface area contributed by atoms with Gasteiger partial charge in [0, 0.05) is 6.07 Å². The molecule has 0 bridgehead atoms. The van der Waals surface area contributed by atoms with Gasteiger partial charge in [-0.25, -0.2) is 4.98 Å². The zero-order valence-electron chi connectivity index (χ0n) is 9.84. The van der Waals surface area contributed by atoms with Crippen LogP contribution >= 0.6 is 0 Å². The highest BCUT2D eigenvalue weighted by Crippen LogP contribution is 2.24. The molecule has 0 radical (unpaired) electrons. The van der Waals surface area contributed by atoms with Crippen LogP contribution in [-0.2, 0) is 6.42 Å². The fourth-order valence-corrected chi connectivity index (χ4v) is 1.57. The minimum atomic E-state index is 0.341. The molecular formula is C15H12N2O. The molecule has 3 nitrogen and oxygen atoms in total. The predicted molar refractivity (Wildman–Crippen MR) is 69.4 cm³/mol. The Labute approximate surface area is 106 Å². The van der Waals surface area contributed by atoms with Crippen molar-refractivity contribution in [3.63, 3.8) is 0 Å². The van der Waals surface area contributed by atoms with Crippen LogP contribution in [-0.4, -0.2) is 4.98 Å². The van der Waals surface area contributed by atoms with Gasteiger partial charge in [-0.1, -0.05) is 30.3 Å². The predicted octanol–water partition coefficient (Wildman–Crippen LogP) is 3.47. The molecule has 1 heterocycles. The second kappa shape index (κ2) is 5.65. The average molecular weight is 236 g/mol. The second-order valence-corrected chi connectivity index (χ2v) is 3.68. The monoisotopic (exact) mass is 236 g/mol. The lowest BCUT2D eigenvalue weighted by molar-refractivity contribution is 0.458. The molecule has 1 aromatic heterocycles. The van der Waals surface area contributed by atoms with Crippen molar-refractivity contribution in [1.29, 1.82) is 5.26 Å². The Balaban J connectivity index is 2.28. The summed E-state index contributed by atoms with van der Waals surface area (Å²) in [6.07, 6.45) is 2.55. The highest BCUT2D eigenvalue weighted by Gasteiger charge is 2.04. The fraction of sp³-hybridized carbons (Fsp3) is 0.0667. The summed E-state index contributed by atoms with van der Waals surface area (Å²) in [6, 6.07) is 14.8. The maximum atomic E-state index is 8.79. The van der Waals surface area contributed by atoms with E-state index in [-0.39, 0.29) is 0 Å². The number of ether oxygens (including phenoxy) is 1. The summed E-state index contributed by atoms with van der Waals surface area (Å²) in [5, 5.41) is 8.79. The van der Waals surface area contributed by atoms with Crippen LogP contribution < -0.4 is 4.74 Å². The van der Waals surface area contributed by atoms with Crippen molar-refractivity contribution in [1.82, 2.24) is 4.98 Å². The van der Waals surface area contributed by atoms with E-state index in [0.29, 0.717) is 11.6 Å². The van der Waals surface area contributed by atoms with Crippen LogP contribution in [0, 0.1) is 11.3 Å². The molecule has 0 saturated heterocycles. The molecule has 0 spiro atoms. The third-order valence-electron chi connectivity index (χ3n) is 2.39. The third-order valence-corrected chi connectivity index (χ3v) is 2.39. The quantitative estimate of drug-likeness (QED) is 0.763. The number of rotatable bonds is 4. The van der Waals surface area contributed by atoms with Gasteiger partial charge in [0.15, 0.2) is 0 Å². The van der Waals surface area contributed by atoms with Crippen LogP contribution in [0.3, 0.4) is 0 Å². The van der Waals surface area contributed by atoms with Crippen molar-refractivity contribution in [3.05, 3.63) is 66.4 Å². The molecule has 0 aliphatic rings. The van der Waals surface area contributed by atoms with Crippen LogP contribution in [0.25, 0.3) is 0 Å². The van der Waals surface area contributed by atoms with E-state index in [0.717, 1.165) is 17.7 Å². The Kier molecular flexibility index (Phi) is 3.72. The molecule has 18 heavy (non-hydrogen) atoms. The molecule has 0 N–H and O–H groups in total. The molecule has 0 aliphatic heterocycles. The van der Waals surface area contributed by atoms with E-state index in [9.17, 15) is 0 Å². The Morgan fingerprint density at radius 3 is 2.83 bits per heavy atom. The normalized spacial score (nSPS) is 9.50. The lowest BCUT2D eigenvalue weighted by Gasteiger charge is -2.08. The summed E-state index contributed by atoms with van der Waals surface area (Å²) in [5.41, 5.74) is 1.38. The first kappa shape index (κ1) is 11.9. The van der Waals surface area contributed by atoms with E-state index in [1.807, 2.05) is 36.4 Å². The molecule has 88 valence electrons. The SMILES string of the molecule is C=CCc1ccccc1Oc1cccc(C#N)n1. The zero-order chi connectivity index (χ0) is 12.8. The van der Waals surface area contributed by atoms with Crippen molar-refractivity contribution >= 4 is 0 Å². The Morgan fingerprint density at radius 2 is 2.06 bits per heavy atom. The number of hydrogen-bond acceptors (Lipinski definition) is 3. The van der Waals surface area contributed by atoms with Gasteiger partial charge in [0.2, 0.25) is 5.88 Å². The van der Waals surface area contributed by atoms with Gasteiger partial charge in [0.25, 0.3) is 0 Å². The number of nitriles is 1. The van der Waals surface area contributed by atoms with E-state index < -0.39 is 0 Å². The van der Waals surface area contributed by atoms with Crippen LogP contribution in [0.4, 0.5) is 0 Å². The number of aromatic nitrogens is 1. The number of pyridine rings is 1. The molecule has 0 saturated carbocycles. The smallest absolute Gasteiger partial charge is 0.220 e. The Hall–Kier alpha value is -2.60. The van der Waals surface area contributed by atoms with Gasteiger partial charge in [-0.15, -0.1) is 6.58 Å². The third kappa shape index (κ3) is 2.74. The van der Waals surface area contributed by atoms with E-state index in [1.54, 1.807) is 18.2 Å². The second-order valence-electron chi connectivity index (χ2n) is 3.68. The van der Waals surface area contributed by atoms with Crippen LogP contribution in [0.2, 0.25) is 0 Å². The highest BCUT2D eigenvalue weighted by atomic mass is 16.5. The number of nitrogens with zero attached hydrogens (tertiary/aromatic N) is 2. The highest BCUT2D eigenvalue weighted by molar-refractivity contribution is 5.37. The van der Waals surface area contributed by atoms with Crippen molar-refractivity contribution in [2.75, 3.05) is 0 Å². The molecule has 2 rings (SSSR count). The topological polar surface area (TPSA) is 45.9 Å². The summed E-state index contributed by atoms with van der Waals surface area (Å²) in [5.74, 6) is 1.16. The summed E-state index contributed by atoms with van der Waals surface area (Å²) >= 11 is 0. The van der Waals surface area contributed by atoms with Crippen molar-refractivity contribution in [2.45, 2.75) is 6.42 Å². The first-order chi connectivity index (χ1) is 8.83. The Bertz CT molecular complexity index is 599.